The van der Waals surface area contributed by atoms with Crippen molar-refractivity contribution in [2.45, 2.75) is 32.7 Å². The lowest BCUT2D eigenvalue weighted by atomic mass is 10.1. The number of nitrogens with one attached hydrogen (secondary N) is 2. The second-order valence-corrected chi connectivity index (χ2v) is 7.99. The molecule has 3 rings (SSSR count). The van der Waals surface area contributed by atoms with Gasteiger partial charge in [-0.05, 0) is 56.5 Å². The zero-order chi connectivity index (χ0) is 19.4. The Hall–Kier alpha value is -2.02. The molecule has 146 valence electrons. The molecule has 1 aromatic heterocycles. The molecule has 0 bridgehead atoms. The number of aromatic nitrogens is 2. The van der Waals surface area contributed by atoms with Gasteiger partial charge in [-0.1, -0.05) is 15.9 Å². The summed E-state index contributed by atoms with van der Waals surface area (Å²) in [5, 5.41) is 11.5. The zero-order valence-electron chi connectivity index (χ0n) is 16.6. The fourth-order valence-corrected chi connectivity index (χ4v) is 3.90. The summed E-state index contributed by atoms with van der Waals surface area (Å²) < 4.78 is 3.07. The van der Waals surface area contributed by atoms with Gasteiger partial charge in [0.15, 0.2) is 5.96 Å². The van der Waals surface area contributed by atoms with Crippen molar-refractivity contribution in [1.29, 1.82) is 0 Å². The normalized spacial score (nSPS) is 17.4. The molecule has 27 heavy (non-hydrogen) atoms. The average molecular weight is 433 g/mol. The summed E-state index contributed by atoms with van der Waals surface area (Å²) in [5.74, 6) is 0.872. The van der Waals surface area contributed by atoms with Crippen molar-refractivity contribution in [2.24, 2.45) is 12.0 Å². The van der Waals surface area contributed by atoms with Crippen molar-refractivity contribution in [3.63, 3.8) is 0 Å². The maximum atomic E-state index is 4.49. The van der Waals surface area contributed by atoms with Crippen LogP contribution in [0.1, 0.15) is 23.4 Å². The van der Waals surface area contributed by atoms with Crippen LogP contribution in [0.15, 0.2) is 33.7 Å². The molecule has 1 fully saturated rings. The van der Waals surface area contributed by atoms with Gasteiger partial charge >= 0.3 is 0 Å². The van der Waals surface area contributed by atoms with Gasteiger partial charge in [0.05, 0.1) is 5.69 Å². The van der Waals surface area contributed by atoms with E-state index < -0.39 is 0 Å². The van der Waals surface area contributed by atoms with Gasteiger partial charge in [0.1, 0.15) is 0 Å². The Morgan fingerprint density at radius 1 is 1.30 bits per heavy atom. The Kier molecular flexibility index (Phi) is 6.42. The molecule has 0 radical (unpaired) electrons. The van der Waals surface area contributed by atoms with Crippen molar-refractivity contribution >= 4 is 27.6 Å². The van der Waals surface area contributed by atoms with E-state index in [2.05, 4.69) is 79.7 Å². The molecule has 2 N–H and O–H groups in total. The number of halogens is 1. The minimum absolute atomic E-state index is 0.404. The predicted octanol–water partition coefficient (Wildman–Crippen LogP) is 2.79. The van der Waals surface area contributed by atoms with Crippen LogP contribution in [0.3, 0.4) is 0 Å². The quantitative estimate of drug-likeness (QED) is 0.563. The first-order valence-corrected chi connectivity index (χ1v) is 10.2. The molecular formula is C20H29BrN6. The summed E-state index contributed by atoms with van der Waals surface area (Å²) in [7, 11) is 3.83. The Labute approximate surface area is 170 Å². The Morgan fingerprint density at radius 2 is 2.04 bits per heavy atom. The van der Waals surface area contributed by atoms with Crippen molar-refractivity contribution in [1.82, 2.24) is 20.4 Å². The highest BCUT2D eigenvalue weighted by molar-refractivity contribution is 9.10. The molecule has 1 unspecified atom stereocenters. The number of aryl methyl sites for hydroxylation is 2. The average Bonchev–Trinajstić information content (AvgIpc) is 3.21. The van der Waals surface area contributed by atoms with Crippen molar-refractivity contribution in [3.8, 4) is 0 Å². The third kappa shape index (κ3) is 4.83. The van der Waals surface area contributed by atoms with Crippen LogP contribution >= 0.6 is 15.9 Å². The molecule has 0 aliphatic carbocycles. The van der Waals surface area contributed by atoms with E-state index in [0.717, 1.165) is 48.6 Å². The van der Waals surface area contributed by atoms with E-state index in [1.165, 1.54) is 16.9 Å². The fraction of sp³-hybridized carbons (Fsp3) is 0.500. The van der Waals surface area contributed by atoms with Crippen molar-refractivity contribution in [2.75, 3.05) is 31.6 Å². The number of nitrogens with zero attached hydrogens (tertiary/aromatic N) is 4. The third-order valence-corrected chi connectivity index (χ3v) is 5.80. The molecule has 1 aromatic carbocycles. The van der Waals surface area contributed by atoms with Crippen LogP contribution in [-0.2, 0) is 13.5 Å². The van der Waals surface area contributed by atoms with Crippen LogP contribution in [-0.4, -0.2) is 48.5 Å². The first kappa shape index (κ1) is 19.7. The molecule has 1 aliphatic heterocycles. The van der Waals surface area contributed by atoms with Gasteiger partial charge in [0.2, 0.25) is 0 Å². The maximum Gasteiger partial charge on any atom is 0.191 e. The molecule has 1 atom stereocenters. The third-order valence-electron chi connectivity index (χ3n) is 5.27. The second kappa shape index (κ2) is 8.78. The summed E-state index contributed by atoms with van der Waals surface area (Å²) in [6, 6.07) is 8.93. The number of guanidine groups is 1. The van der Waals surface area contributed by atoms with Gasteiger partial charge in [0, 0.05) is 55.6 Å². The summed E-state index contributed by atoms with van der Waals surface area (Å²) in [6.45, 7) is 7.09. The molecule has 6 nitrogen and oxygen atoms in total. The lowest BCUT2D eigenvalue weighted by molar-refractivity contribution is 0.648. The summed E-state index contributed by atoms with van der Waals surface area (Å²) >= 11 is 3.50. The second-order valence-electron chi connectivity index (χ2n) is 7.07. The van der Waals surface area contributed by atoms with E-state index in [4.69, 9.17) is 0 Å². The van der Waals surface area contributed by atoms with Crippen LogP contribution in [0.5, 0.6) is 0 Å². The number of benzene rings is 1. The molecule has 0 spiro atoms. The molecule has 0 saturated carbocycles. The number of hydrogen-bond acceptors (Lipinski definition) is 3. The lowest BCUT2D eigenvalue weighted by Crippen LogP contribution is -2.45. The standard InChI is InChI=1S/C20H29BrN6/c1-14-19(15(2)26(4)25-14)9-11-23-20(22-3)24-17-10-12-27(13-17)18-7-5-16(21)6-8-18/h5-8,17H,9-13H2,1-4H3,(H2,22,23,24). The highest BCUT2D eigenvalue weighted by Crippen LogP contribution is 2.22. The Bertz CT molecular complexity index is 796. The van der Waals surface area contributed by atoms with Gasteiger partial charge in [0.25, 0.3) is 0 Å². The van der Waals surface area contributed by atoms with Gasteiger partial charge in [-0.25, -0.2) is 0 Å². The predicted molar refractivity (Wildman–Crippen MR) is 116 cm³/mol. The van der Waals surface area contributed by atoms with Crippen LogP contribution in [0, 0.1) is 13.8 Å². The Morgan fingerprint density at radius 3 is 2.67 bits per heavy atom. The van der Waals surface area contributed by atoms with E-state index >= 15 is 0 Å². The highest BCUT2D eigenvalue weighted by atomic mass is 79.9. The first-order valence-electron chi connectivity index (χ1n) is 9.44. The van der Waals surface area contributed by atoms with Crippen LogP contribution in [0.25, 0.3) is 0 Å². The topological polar surface area (TPSA) is 57.5 Å². The summed E-state index contributed by atoms with van der Waals surface area (Å²) in [5.41, 5.74) is 4.94. The summed E-state index contributed by atoms with van der Waals surface area (Å²) in [6.07, 6.45) is 2.06. The monoisotopic (exact) mass is 432 g/mol. The SMILES string of the molecule is CN=C(NCCc1c(C)nn(C)c1C)NC1CCN(c2ccc(Br)cc2)C1. The van der Waals surface area contributed by atoms with Crippen molar-refractivity contribution in [3.05, 3.63) is 45.7 Å². The van der Waals surface area contributed by atoms with Crippen LogP contribution in [0.2, 0.25) is 0 Å². The van der Waals surface area contributed by atoms with Gasteiger partial charge < -0.3 is 15.5 Å². The van der Waals surface area contributed by atoms with Crippen LogP contribution in [0.4, 0.5) is 5.69 Å². The smallest absolute Gasteiger partial charge is 0.191 e. The Balaban J connectivity index is 1.48. The molecule has 2 heterocycles. The minimum atomic E-state index is 0.404. The maximum absolute atomic E-state index is 4.49. The minimum Gasteiger partial charge on any atom is -0.369 e. The van der Waals surface area contributed by atoms with E-state index in [0.29, 0.717) is 6.04 Å². The van der Waals surface area contributed by atoms with E-state index in [1.807, 2.05) is 18.8 Å². The number of hydrogen-bond donors (Lipinski definition) is 2. The molecule has 2 aromatic rings. The van der Waals surface area contributed by atoms with E-state index in [9.17, 15) is 0 Å². The van der Waals surface area contributed by atoms with Gasteiger partial charge in [-0.2, -0.15) is 5.10 Å². The molecule has 7 heteroatoms. The fourth-order valence-electron chi connectivity index (χ4n) is 3.64. The van der Waals surface area contributed by atoms with E-state index in [1.54, 1.807) is 0 Å². The zero-order valence-corrected chi connectivity index (χ0v) is 18.2. The number of aliphatic imine (C=N–C) groups is 1. The largest absolute Gasteiger partial charge is 0.369 e. The van der Waals surface area contributed by atoms with E-state index in [-0.39, 0.29) is 0 Å². The summed E-state index contributed by atoms with van der Waals surface area (Å²) in [4.78, 5) is 6.81. The molecule has 1 aliphatic rings. The lowest BCUT2D eigenvalue weighted by Gasteiger charge is -2.20. The first-order chi connectivity index (χ1) is 13.0. The van der Waals surface area contributed by atoms with Crippen molar-refractivity contribution < 1.29 is 0 Å². The molecular weight excluding hydrogens is 404 g/mol. The highest BCUT2D eigenvalue weighted by Gasteiger charge is 2.23. The van der Waals surface area contributed by atoms with Gasteiger partial charge in [-0.15, -0.1) is 0 Å². The molecule has 0 amide bonds. The number of rotatable bonds is 5. The number of anilines is 1. The van der Waals surface area contributed by atoms with Crippen LogP contribution < -0.4 is 15.5 Å². The van der Waals surface area contributed by atoms with Gasteiger partial charge in [-0.3, -0.25) is 9.67 Å². The molecule has 1 saturated heterocycles.